The van der Waals surface area contributed by atoms with Crippen molar-refractivity contribution in [2.75, 3.05) is 32.8 Å². The molecule has 0 N–H and O–H groups in total. The first-order valence-corrected chi connectivity index (χ1v) is 10.4. The summed E-state index contributed by atoms with van der Waals surface area (Å²) in [6, 6.07) is 1.41. The zero-order chi connectivity index (χ0) is 19.6. The smallest absolute Gasteiger partial charge is 0.256 e. The number of likely N-dealkylation sites (tertiary alicyclic amines) is 2. The predicted octanol–water partition coefficient (Wildman–Crippen LogP) is 2.63. The van der Waals surface area contributed by atoms with Crippen molar-refractivity contribution in [3.8, 4) is 0 Å². The predicted molar refractivity (Wildman–Crippen MR) is 101 cm³/mol. The lowest BCUT2D eigenvalue weighted by Gasteiger charge is -2.45. The number of hydrogen-bond acceptors (Lipinski definition) is 4. The number of rotatable bonds is 2. The van der Waals surface area contributed by atoms with Gasteiger partial charge in [-0.05, 0) is 51.0 Å². The summed E-state index contributed by atoms with van der Waals surface area (Å²) in [6.07, 6.45) is 9.08. The molecule has 1 spiro atoms. The molecule has 2 amide bonds. The number of aromatic nitrogens is 1. The Morgan fingerprint density at radius 1 is 1.07 bits per heavy atom. The first-order chi connectivity index (χ1) is 13.6. The summed E-state index contributed by atoms with van der Waals surface area (Å²) < 4.78 is 19.9. The van der Waals surface area contributed by atoms with Gasteiger partial charge in [-0.15, -0.1) is 0 Å². The highest BCUT2D eigenvalue weighted by molar-refractivity contribution is 5.94. The highest BCUT2D eigenvalue weighted by Crippen LogP contribution is 2.35. The molecule has 3 saturated heterocycles. The van der Waals surface area contributed by atoms with Crippen molar-refractivity contribution in [3.05, 3.63) is 29.8 Å². The quantitative estimate of drug-likeness (QED) is 0.780. The third-order valence-corrected chi connectivity index (χ3v) is 6.56. The molecule has 4 rings (SSSR count). The van der Waals surface area contributed by atoms with Crippen LogP contribution in [-0.4, -0.2) is 65.0 Å². The van der Waals surface area contributed by atoms with E-state index in [1.54, 1.807) is 4.90 Å². The third-order valence-electron chi connectivity index (χ3n) is 6.56. The van der Waals surface area contributed by atoms with Crippen molar-refractivity contribution >= 4 is 11.8 Å². The van der Waals surface area contributed by atoms with Crippen LogP contribution in [0, 0.1) is 11.7 Å². The van der Waals surface area contributed by atoms with Gasteiger partial charge in [0.2, 0.25) is 5.91 Å². The molecule has 3 aliphatic heterocycles. The molecule has 1 aromatic heterocycles. The van der Waals surface area contributed by atoms with Gasteiger partial charge in [0.1, 0.15) is 0 Å². The molecule has 3 fully saturated rings. The summed E-state index contributed by atoms with van der Waals surface area (Å²) in [7, 11) is 0. The van der Waals surface area contributed by atoms with Gasteiger partial charge in [-0.3, -0.25) is 14.6 Å². The lowest BCUT2D eigenvalue weighted by atomic mass is 9.84. The lowest BCUT2D eigenvalue weighted by molar-refractivity contribution is -0.147. The van der Waals surface area contributed by atoms with Crippen LogP contribution < -0.4 is 0 Å². The van der Waals surface area contributed by atoms with E-state index in [-0.39, 0.29) is 28.9 Å². The van der Waals surface area contributed by atoms with E-state index in [1.807, 2.05) is 4.90 Å². The van der Waals surface area contributed by atoms with E-state index in [2.05, 4.69) is 4.98 Å². The van der Waals surface area contributed by atoms with Crippen LogP contribution in [-0.2, 0) is 9.53 Å². The van der Waals surface area contributed by atoms with Gasteiger partial charge >= 0.3 is 0 Å². The van der Waals surface area contributed by atoms with E-state index in [0.717, 1.165) is 51.6 Å². The lowest BCUT2D eigenvalue weighted by Crippen LogP contribution is -2.52. The molecular weight excluding hydrogens is 361 g/mol. The maximum Gasteiger partial charge on any atom is 0.256 e. The van der Waals surface area contributed by atoms with Crippen LogP contribution in [0.25, 0.3) is 0 Å². The Balaban J connectivity index is 1.29. The molecule has 1 aromatic rings. The van der Waals surface area contributed by atoms with Crippen molar-refractivity contribution in [3.63, 3.8) is 0 Å². The fourth-order valence-electron chi connectivity index (χ4n) is 4.75. The summed E-state index contributed by atoms with van der Waals surface area (Å²) >= 11 is 0. The van der Waals surface area contributed by atoms with Gasteiger partial charge in [-0.2, -0.15) is 0 Å². The average molecular weight is 389 g/mol. The number of piperidine rings is 2. The van der Waals surface area contributed by atoms with E-state index in [9.17, 15) is 14.0 Å². The van der Waals surface area contributed by atoms with E-state index in [1.165, 1.54) is 18.7 Å². The fraction of sp³-hybridized carbons (Fsp3) is 0.667. The minimum atomic E-state index is -0.599. The Hall–Kier alpha value is -2.02. The number of hydrogen-bond donors (Lipinski definition) is 0. The first-order valence-electron chi connectivity index (χ1n) is 10.4. The molecule has 0 aliphatic carbocycles. The van der Waals surface area contributed by atoms with Gasteiger partial charge in [0.25, 0.3) is 5.91 Å². The van der Waals surface area contributed by atoms with Crippen molar-refractivity contribution in [1.29, 1.82) is 0 Å². The van der Waals surface area contributed by atoms with Crippen LogP contribution in [0.4, 0.5) is 4.39 Å². The SMILES string of the molecule is O=C(c1ccncc1F)N1CCC(C(=O)N2CCC3(CCCCO3)CC2)CC1. The summed E-state index contributed by atoms with van der Waals surface area (Å²) in [6.45, 7) is 3.34. The number of carbonyl (C=O) groups excluding carboxylic acids is 2. The van der Waals surface area contributed by atoms with Crippen molar-refractivity contribution in [2.24, 2.45) is 5.92 Å². The van der Waals surface area contributed by atoms with E-state index in [4.69, 9.17) is 4.74 Å². The standard InChI is InChI=1S/C21H28FN3O3/c22-18-15-23-9-3-17(18)20(27)24-10-4-16(5-11-24)19(26)25-12-7-21(8-13-25)6-1-2-14-28-21/h3,9,15-16H,1-2,4-8,10-14H2. The first kappa shape index (κ1) is 19.3. The summed E-state index contributed by atoms with van der Waals surface area (Å²) in [5.74, 6) is -0.765. The number of carbonyl (C=O) groups is 2. The fourth-order valence-corrected chi connectivity index (χ4v) is 4.75. The van der Waals surface area contributed by atoms with Crippen molar-refractivity contribution in [2.45, 2.75) is 50.5 Å². The summed E-state index contributed by atoms with van der Waals surface area (Å²) in [5, 5.41) is 0. The second-order valence-corrected chi connectivity index (χ2v) is 8.24. The van der Waals surface area contributed by atoms with Crippen LogP contribution in [0.15, 0.2) is 18.5 Å². The molecule has 0 unspecified atom stereocenters. The van der Waals surface area contributed by atoms with Gasteiger partial charge in [0.15, 0.2) is 5.82 Å². The number of amides is 2. The molecule has 7 heteroatoms. The maximum absolute atomic E-state index is 13.8. The summed E-state index contributed by atoms with van der Waals surface area (Å²) in [5.41, 5.74) is 0.0490. The third kappa shape index (κ3) is 3.90. The zero-order valence-corrected chi connectivity index (χ0v) is 16.2. The van der Waals surface area contributed by atoms with Gasteiger partial charge in [0.05, 0.1) is 17.4 Å². The Morgan fingerprint density at radius 3 is 2.46 bits per heavy atom. The van der Waals surface area contributed by atoms with Gasteiger partial charge in [-0.1, -0.05) is 0 Å². The molecule has 0 bridgehead atoms. The molecule has 0 saturated carbocycles. The van der Waals surface area contributed by atoms with Crippen molar-refractivity contribution < 1.29 is 18.7 Å². The van der Waals surface area contributed by atoms with E-state index < -0.39 is 5.82 Å². The number of ether oxygens (including phenoxy) is 1. The largest absolute Gasteiger partial charge is 0.375 e. The second kappa shape index (κ2) is 8.15. The molecule has 0 radical (unpaired) electrons. The van der Waals surface area contributed by atoms with Crippen LogP contribution in [0.2, 0.25) is 0 Å². The Bertz CT molecular complexity index is 717. The topological polar surface area (TPSA) is 62.7 Å². The molecule has 0 aromatic carbocycles. The highest BCUT2D eigenvalue weighted by atomic mass is 19.1. The zero-order valence-electron chi connectivity index (χ0n) is 16.2. The Labute approximate surface area is 165 Å². The van der Waals surface area contributed by atoms with Gasteiger partial charge < -0.3 is 14.5 Å². The van der Waals surface area contributed by atoms with Crippen molar-refractivity contribution in [1.82, 2.24) is 14.8 Å². The molecule has 6 nitrogen and oxygen atoms in total. The Morgan fingerprint density at radius 2 is 1.82 bits per heavy atom. The molecule has 3 aliphatic rings. The summed E-state index contributed by atoms with van der Waals surface area (Å²) in [4.78, 5) is 32.8. The minimum Gasteiger partial charge on any atom is -0.375 e. The Kier molecular flexibility index (Phi) is 5.62. The van der Waals surface area contributed by atoms with Crippen LogP contribution in [0.5, 0.6) is 0 Å². The highest BCUT2D eigenvalue weighted by Gasteiger charge is 2.39. The maximum atomic E-state index is 13.8. The van der Waals surface area contributed by atoms with Crippen LogP contribution in [0.3, 0.4) is 0 Å². The van der Waals surface area contributed by atoms with Gasteiger partial charge in [0, 0.05) is 44.9 Å². The molecule has 28 heavy (non-hydrogen) atoms. The average Bonchev–Trinajstić information content (AvgIpc) is 2.74. The number of pyridine rings is 1. The molecular formula is C21H28FN3O3. The van der Waals surface area contributed by atoms with Crippen LogP contribution in [0.1, 0.15) is 55.3 Å². The molecule has 152 valence electrons. The number of nitrogens with zero attached hydrogens (tertiary/aromatic N) is 3. The van der Waals surface area contributed by atoms with Gasteiger partial charge in [-0.25, -0.2) is 4.39 Å². The van der Waals surface area contributed by atoms with Crippen LogP contribution >= 0.6 is 0 Å². The number of halogens is 1. The second-order valence-electron chi connectivity index (χ2n) is 8.24. The monoisotopic (exact) mass is 389 g/mol. The van der Waals surface area contributed by atoms with E-state index in [0.29, 0.717) is 25.9 Å². The molecule has 0 atom stereocenters. The minimum absolute atomic E-state index is 0.000569. The normalized spacial score (nSPS) is 23.0. The van der Waals surface area contributed by atoms with E-state index >= 15 is 0 Å². The molecule has 4 heterocycles.